The summed E-state index contributed by atoms with van der Waals surface area (Å²) in [6.07, 6.45) is 0. The Balaban J connectivity index is 2.34. The lowest BCUT2D eigenvalue weighted by molar-refractivity contribution is -0.112. The van der Waals surface area contributed by atoms with Gasteiger partial charge in [0.15, 0.2) is 0 Å². The monoisotopic (exact) mass is 378 g/mol. The second kappa shape index (κ2) is 7.00. The van der Waals surface area contributed by atoms with Crippen LogP contribution in [0.2, 0.25) is 0 Å². The molecule has 140 valence electrons. The molecule has 1 aromatic heterocycles. The normalized spacial score (nSPS) is 11.7. The fourth-order valence-corrected chi connectivity index (χ4v) is 3.70. The van der Waals surface area contributed by atoms with Crippen LogP contribution in [0.1, 0.15) is 27.3 Å². The van der Waals surface area contributed by atoms with E-state index < -0.39 is 21.7 Å². The number of aromatic nitrogens is 2. The van der Waals surface area contributed by atoms with Crippen molar-refractivity contribution in [2.75, 3.05) is 19.4 Å². The van der Waals surface area contributed by atoms with Gasteiger partial charge in [-0.15, -0.1) is 0 Å². The summed E-state index contributed by atoms with van der Waals surface area (Å²) in [7, 11) is 0.881. The van der Waals surface area contributed by atoms with Crippen LogP contribution in [-0.4, -0.2) is 48.3 Å². The Kier molecular flexibility index (Phi) is 5.33. The number of hydrogen-bond acceptors (Lipinski definition) is 5. The highest BCUT2D eigenvalue weighted by molar-refractivity contribution is 7.89. The molecule has 0 saturated carbocycles. The third-order valence-electron chi connectivity index (χ3n) is 4.15. The van der Waals surface area contributed by atoms with E-state index in [1.807, 2.05) is 0 Å². The molecule has 2 rings (SSSR count). The predicted octanol–water partition coefficient (Wildman–Crippen LogP) is 1.42. The van der Waals surface area contributed by atoms with Crippen LogP contribution >= 0.6 is 0 Å². The molecule has 26 heavy (non-hydrogen) atoms. The van der Waals surface area contributed by atoms with Crippen molar-refractivity contribution >= 4 is 27.4 Å². The van der Waals surface area contributed by atoms with Crippen LogP contribution < -0.4 is 5.32 Å². The number of amides is 1. The molecule has 9 heteroatoms. The molecular weight excluding hydrogens is 356 g/mol. The number of Topliss-reactive ketones (excluding diaryl/α,β-unsaturated/α-hetero) is 1. The van der Waals surface area contributed by atoms with E-state index in [1.165, 1.54) is 24.8 Å². The number of aryl methyl sites for hydroxylation is 3. The number of carbonyl (C=O) groups excluding carboxylic acids is 2. The van der Waals surface area contributed by atoms with Gasteiger partial charge in [0.25, 0.3) is 11.7 Å². The van der Waals surface area contributed by atoms with Crippen LogP contribution in [0.4, 0.5) is 5.69 Å². The van der Waals surface area contributed by atoms with Crippen LogP contribution in [0, 0.1) is 20.8 Å². The van der Waals surface area contributed by atoms with Gasteiger partial charge in [0, 0.05) is 32.5 Å². The summed E-state index contributed by atoms with van der Waals surface area (Å²) in [5.41, 5.74) is 2.07. The van der Waals surface area contributed by atoms with E-state index in [2.05, 4.69) is 10.4 Å². The van der Waals surface area contributed by atoms with E-state index in [0.717, 1.165) is 4.31 Å². The zero-order valence-electron chi connectivity index (χ0n) is 15.6. The van der Waals surface area contributed by atoms with Crippen LogP contribution in [0.25, 0.3) is 0 Å². The van der Waals surface area contributed by atoms with E-state index in [4.69, 9.17) is 0 Å². The zero-order valence-corrected chi connectivity index (χ0v) is 16.4. The molecular formula is C17H22N4O4S. The number of sulfonamides is 1. The smallest absolute Gasteiger partial charge is 0.296 e. The number of ketones is 1. The largest absolute Gasteiger partial charge is 0.319 e. The Morgan fingerprint density at radius 3 is 2.27 bits per heavy atom. The highest BCUT2D eigenvalue weighted by Gasteiger charge is 2.25. The Morgan fingerprint density at radius 1 is 1.15 bits per heavy atom. The first kappa shape index (κ1) is 19.8. The lowest BCUT2D eigenvalue weighted by Gasteiger charge is -2.15. The lowest BCUT2D eigenvalue weighted by Crippen LogP contribution is -2.25. The molecule has 2 aromatic rings. The van der Waals surface area contributed by atoms with Crippen molar-refractivity contribution in [3.05, 3.63) is 40.7 Å². The van der Waals surface area contributed by atoms with Gasteiger partial charge >= 0.3 is 0 Å². The fourth-order valence-electron chi connectivity index (χ4n) is 2.56. The molecule has 0 bridgehead atoms. The van der Waals surface area contributed by atoms with Gasteiger partial charge < -0.3 is 5.32 Å². The molecule has 0 aliphatic heterocycles. The number of nitrogens with one attached hydrogen (secondary N) is 1. The first-order valence-electron chi connectivity index (χ1n) is 7.86. The van der Waals surface area contributed by atoms with Crippen molar-refractivity contribution in [1.29, 1.82) is 0 Å². The van der Waals surface area contributed by atoms with Crippen LogP contribution in [0.3, 0.4) is 0 Å². The van der Waals surface area contributed by atoms with Crippen molar-refractivity contribution < 1.29 is 18.0 Å². The predicted molar refractivity (Wildman–Crippen MR) is 97.7 cm³/mol. The van der Waals surface area contributed by atoms with Crippen molar-refractivity contribution in [3.63, 3.8) is 0 Å². The van der Waals surface area contributed by atoms with Gasteiger partial charge in [-0.3, -0.25) is 14.3 Å². The SMILES string of the molecule is Cc1ccc(NC(=O)C(=O)c2c(C)nn(C)c2C)cc1S(=O)(=O)N(C)C. The maximum Gasteiger partial charge on any atom is 0.296 e. The lowest BCUT2D eigenvalue weighted by atomic mass is 10.1. The summed E-state index contributed by atoms with van der Waals surface area (Å²) in [5, 5.41) is 6.60. The van der Waals surface area contributed by atoms with Gasteiger partial charge in [-0.2, -0.15) is 5.10 Å². The molecule has 1 N–H and O–H groups in total. The van der Waals surface area contributed by atoms with Gasteiger partial charge in [-0.05, 0) is 38.5 Å². The topological polar surface area (TPSA) is 101 Å². The third kappa shape index (κ3) is 3.54. The van der Waals surface area contributed by atoms with Gasteiger partial charge in [-0.1, -0.05) is 6.07 Å². The maximum absolute atomic E-state index is 12.5. The van der Waals surface area contributed by atoms with E-state index in [9.17, 15) is 18.0 Å². The first-order chi connectivity index (χ1) is 12.0. The number of benzene rings is 1. The fraction of sp³-hybridized carbons (Fsp3) is 0.353. The molecule has 1 aromatic carbocycles. The molecule has 1 heterocycles. The zero-order chi connectivity index (χ0) is 19.8. The van der Waals surface area contributed by atoms with E-state index in [1.54, 1.807) is 40.0 Å². The Hall–Kier alpha value is -2.52. The van der Waals surface area contributed by atoms with Gasteiger partial charge in [-0.25, -0.2) is 12.7 Å². The number of hydrogen-bond donors (Lipinski definition) is 1. The highest BCUT2D eigenvalue weighted by Crippen LogP contribution is 2.23. The van der Waals surface area contributed by atoms with Crippen molar-refractivity contribution in [2.45, 2.75) is 25.7 Å². The second-order valence-corrected chi connectivity index (χ2v) is 8.34. The summed E-state index contributed by atoms with van der Waals surface area (Å²) >= 11 is 0. The third-order valence-corrected chi connectivity index (χ3v) is 6.10. The van der Waals surface area contributed by atoms with E-state index >= 15 is 0 Å². The quantitative estimate of drug-likeness (QED) is 0.626. The average Bonchev–Trinajstić information content (AvgIpc) is 2.80. The van der Waals surface area contributed by atoms with Crippen molar-refractivity contribution in [3.8, 4) is 0 Å². The molecule has 1 amide bonds. The number of rotatable bonds is 5. The van der Waals surface area contributed by atoms with E-state index in [-0.39, 0.29) is 16.1 Å². The minimum atomic E-state index is -3.66. The summed E-state index contributed by atoms with van der Waals surface area (Å²) in [6, 6.07) is 4.48. The van der Waals surface area contributed by atoms with Gasteiger partial charge in [0.2, 0.25) is 10.0 Å². The molecule has 0 saturated heterocycles. The van der Waals surface area contributed by atoms with Crippen molar-refractivity contribution in [2.24, 2.45) is 7.05 Å². The van der Waals surface area contributed by atoms with E-state index in [0.29, 0.717) is 17.0 Å². The molecule has 0 aliphatic carbocycles. The minimum absolute atomic E-state index is 0.0708. The van der Waals surface area contributed by atoms with Crippen LogP contribution in [-0.2, 0) is 21.9 Å². The molecule has 0 fully saturated rings. The molecule has 0 radical (unpaired) electrons. The van der Waals surface area contributed by atoms with Crippen molar-refractivity contribution in [1.82, 2.24) is 14.1 Å². The first-order valence-corrected chi connectivity index (χ1v) is 9.30. The Bertz CT molecular complexity index is 990. The standard InChI is InChI=1S/C17H22N4O4S/c1-10-7-8-13(9-14(10)26(24,25)20(4)5)18-17(23)16(22)15-11(2)19-21(6)12(15)3/h7-9H,1-6H3,(H,18,23). The van der Waals surface area contributed by atoms with Gasteiger partial charge in [0.05, 0.1) is 16.2 Å². The summed E-state index contributed by atoms with van der Waals surface area (Å²) in [5.74, 6) is -1.56. The average molecular weight is 378 g/mol. The summed E-state index contributed by atoms with van der Waals surface area (Å²) in [6.45, 7) is 5.02. The summed E-state index contributed by atoms with van der Waals surface area (Å²) < 4.78 is 27.4. The number of nitrogens with zero attached hydrogens (tertiary/aromatic N) is 3. The summed E-state index contributed by atoms with van der Waals surface area (Å²) in [4.78, 5) is 24.9. The number of anilines is 1. The molecule has 8 nitrogen and oxygen atoms in total. The van der Waals surface area contributed by atoms with Crippen LogP contribution in [0.5, 0.6) is 0 Å². The minimum Gasteiger partial charge on any atom is -0.319 e. The van der Waals surface area contributed by atoms with Crippen LogP contribution in [0.15, 0.2) is 23.1 Å². The molecule has 0 atom stereocenters. The Morgan fingerprint density at radius 2 is 1.77 bits per heavy atom. The molecule has 0 unspecified atom stereocenters. The molecule has 0 aliphatic rings. The maximum atomic E-state index is 12.5. The second-order valence-electron chi connectivity index (χ2n) is 6.22. The molecule has 0 spiro atoms. The highest BCUT2D eigenvalue weighted by atomic mass is 32.2. The number of carbonyl (C=O) groups is 2. The Labute approximate surface area is 152 Å². The van der Waals surface area contributed by atoms with Gasteiger partial charge in [0.1, 0.15) is 0 Å².